The number of allylic oxidation sites excluding steroid dienone is 4. The average Bonchev–Trinajstić information content (AvgIpc) is 2.66. The molecule has 0 saturated carbocycles. The number of methoxy groups -OCH3 is 2. The maximum absolute atomic E-state index is 12.3. The lowest BCUT2D eigenvalue weighted by atomic mass is 9.80. The number of benzene rings is 1. The number of ether oxygens (including phenoxy) is 2. The van der Waals surface area contributed by atoms with E-state index < -0.39 is 17.4 Å². The van der Waals surface area contributed by atoms with Crippen LogP contribution in [0.15, 0.2) is 66.4 Å². The third-order valence-corrected chi connectivity index (χ3v) is 3.69. The van der Waals surface area contributed by atoms with Crippen LogP contribution in [-0.2, 0) is 19.1 Å². The fourth-order valence-electron chi connectivity index (χ4n) is 2.32. The Labute approximate surface area is 149 Å². The lowest BCUT2D eigenvalue weighted by molar-refractivity contribution is -0.168. The summed E-state index contributed by atoms with van der Waals surface area (Å²) in [6.45, 7) is 1.81. The van der Waals surface area contributed by atoms with E-state index in [1.54, 1.807) is 24.3 Å². The second-order valence-corrected chi connectivity index (χ2v) is 5.33. The van der Waals surface area contributed by atoms with E-state index in [0.29, 0.717) is 0 Å². The molecule has 0 aromatic heterocycles. The molecular formula is C21H24O4. The Balaban J connectivity index is 2.96. The van der Waals surface area contributed by atoms with Crippen molar-refractivity contribution in [2.24, 2.45) is 5.41 Å². The van der Waals surface area contributed by atoms with Crippen LogP contribution in [-0.4, -0.2) is 26.2 Å². The first kappa shape index (κ1) is 20.2. The van der Waals surface area contributed by atoms with Gasteiger partial charge in [-0.05, 0) is 37.5 Å². The van der Waals surface area contributed by atoms with Gasteiger partial charge in [-0.1, -0.05) is 54.6 Å². The zero-order chi connectivity index (χ0) is 18.5. The van der Waals surface area contributed by atoms with E-state index in [-0.39, 0.29) is 12.8 Å². The monoisotopic (exact) mass is 340 g/mol. The summed E-state index contributed by atoms with van der Waals surface area (Å²) in [5.74, 6) is -1.24. The van der Waals surface area contributed by atoms with E-state index in [1.807, 2.05) is 49.4 Å². The molecule has 4 nitrogen and oxygen atoms in total. The molecule has 0 saturated heterocycles. The summed E-state index contributed by atoms with van der Waals surface area (Å²) in [7, 11) is 2.52. The van der Waals surface area contributed by atoms with Crippen molar-refractivity contribution in [3.8, 4) is 0 Å². The van der Waals surface area contributed by atoms with Crippen molar-refractivity contribution >= 4 is 18.0 Å². The van der Waals surface area contributed by atoms with Crippen LogP contribution in [0.1, 0.15) is 25.3 Å². The standard InChI is InChI=1S/C21H24O4/c1-4-5-11-16-21(19(22)24-2,20(23)25-3)17-12-7-10-15-18-13-8-6-9-14-18/h4,6-15H,16-17H2,1-3H3/b12-7+,15-10+. The Bertz CT molecular complexity index is 661. The number of carbonyl (C=O) groups excluding carboxylic acids is 2. The van der Waals surface area contributed by atoms with Gasteiger partial charge in [-0.2, -0.15) is 0 Å². The Morgan fingerprint density at radius 1 is 1.04 bits per heavy atom. The van der Waals surface area contributed by atoms with Gasteiger partial charge in [-0.25, -0.2) is 0 Å². The molecule has 25 heavy (non-hydrogen) atoms. The third-order valence-electron chi connectivity index (χ3n) is 3.69. The molecule has 1 rings (SSSR count). The molecule has 0 atom stereocenters. The summed E-state index contributed by atoms with van der Waals surface area (Å²) in [6, 6.07) is 9.83. The summed E-state index contributed by atoms with van der Waals surface area (Å²) in [5, 5.41) is 0. The van der Waals surface area contributed by atoms with Crippen molar-refractivity contribution in [3.63, 3.8) is 0 Å². The van der Waals surface area contributed by atoms with Crippen molar-refractivity contribution in [1.29, 1.82) is 0 Å². The molecule has 0 fully saturated rings. The molecule has 0 N–H and O–H groups in total. The van der Waals surface area contributed by atoms with Crippen molar-refractivity contribution in [1.82, 2.24) is 0 Å². The van der Waals surface area contributed by atoms with Gasteiger partial charge in [-0.15, -0.1) is 5.73 Å². The third kappa shape index (κ3) is 5.94. The molecule has 132 valence electrons. The Kier molecular flexibility index (Phi) is 8.77. The van der Waals surface area contributed by atoms with E-state index in [2.05, 4.69) is 5.73 Å². The minimum atomic E-state index is -1.41. The molecule has 0 aliphatic heterocycles. The van der Waals surface area contributed by atoms with E-state index in [0.717, 1.165) is 5.56 Å². The fraction of sp³-hybridized carbons (Fsp3) is 0.286. The molecule has 0 unspecified atom stereocenters. The number of hydrogen-bond donors (Lipinski definition) is 0. The molecule has 0 amide bonds. The van der Waals surface area contributed by atoms with Gasteiger partial charge in [0.05, 0.1) is 14.2 Å². The van der Waals surface area contributed by atoms with Gasteiger partial charge in [0.25, 0.3) is 0 Å². The first-order valence-corrected chi connectivity index (χ1v) is 8.01. The molecule has 0 radical (unpaired) electrons. The van der Waals surface area contributed by atoms with Gasteiger partial charge in [0, 0.05) is 0 Å². The van der Waals surface area contributed by atoms with Gasteiger partial charge in [0.1, 0.15) is 0 Å². The highest BCUT2D eigenvalue weighted by Crippen LogP contribution is 2.31. The summed E-state index contributed by atoms with van der Waals surface area (Å²) in [5.41, 5.74) is 2.54. The molecule has 1 aromatic rings. The van der Waals surface area contributed by atoms with E-state index >= 15 is 0 Å². The zero-order valence-corrected chi connectivity index (χ0v) is 14.9. The molecule has 0 heterocycles. The average molecular weight is 340 g/mol. The van der Waals surface area contributed by atoms with Crippen LogP contribution in [0.5, 0.6) is 0 Å². The molecule has 0 aliphatic rings. The summed E-state index contributed by atoms with van der Waals surface area (Å²) < 4.78 is 9.69. The lowest BCUT2D eigenvalue weighted by Gasteiger charge is -2.25. The summed E-state index contributed by atoms with van der Waals surface area (Å²) >= 11 is 0. The van der Waals surface area contributed by atoms with Crippen LogP contribution in [0.2, 0.25) is 0 Å². The Morgan fingerprint density at radius 3 is 2.24 bits per heavy atom. The molecule has 0 bridgehead atoms. The normalized spacial score (nSPS) is 11.2. The van der Waals surface area contributed by atoms with Crippen molar-refractivity contribution in [3.05, 3.63) is 72.0 Å². The maximum atomic E-state index is 12.3. The molecule has 0 spiro atoms. The van der Waals surface area contributed by atoms with Crippen molar-refractivity contribution < 1.29 is 19.1 Å². The summed E-state index contributed by atoms with van der Waals surface area (Å²) in [6.07, 6.45) is 11.0. The molecule has 0 aliphatic carbocycles. The highest BCUT2D eigenvalue weighted by atomic mass is 16.5. The zero-order valence-electron chi connectivity index (χ0n) is 14.9. The number of esters is 2. The first-order valence-electron chi connectivity index (χ1n) is 8.01. The lowest BCUT2D eigenvalue weighted by Crippen LogP contribution is -2.40. The minimum absolute atomic E-state index is 0.156. The van der Waals surface area contributed by atoms with Crippen molar-refractivity contribution in [2.45, 2.75) is 19.8 Å². The molecule has 1 aromatic carbocycles. The second kappa shape index (κ2) is 10.8. The number of rotatable bonds is 8. The quantitative estimate of drug-likeness (QED) is 0.309. The van der Waals surface area contributed by atoms with E-state index in [1.165, 1.54) is 14.2 Å². The van der Waals surface area contributed by atoms with E-state index in [9.17, 15) is 9.59 Å². The smallest absolute Gasteiger partial charge is 0.323 e. The minimum Gasteiger partial charge on any atom is -0.468 e. The largest absolute Gasteiger partial charge is 0.468 e. The first-order chi connectivity index (χ1) is 12.1. The Morgan fingerprint density at radius 2 is 1.68 bits per heavy atom. The van der Waals surface area contributed by atoms with Gasteiger partial charge in [-0.3, -0.25) is 9.59 Å². The highest BCUT2D eigenvalue weighted by Gasteiger charge is 2.46. The SMILES string of the molecule is CC=C=CCC(C/C=C/C=C/c1ccccc1)(C(=O)OC)C(=O)OC. The van der Waals surface area contributed by atoms with Crippen LogP contribution < -0.4 is 0 Å². The van der Waals surface area contributed by atoms with Crippen molar-refractivity contribution in [2.75, 3.05) is 14.2 Å². The van der Waals surface area contributed by atoms with Crippen LogP contribution in [0, 0.1) is 5.41 Å². The molecular weight excluding hydrogens is 316 g/mol. The van der Waals surface area contributed by atoms with Gasteiger partial charge in [0.2, 0.25) is 0 Å². The van der Waals surface area contributed by atoms with Crippen LogP contribution in [0.3, 0.4) is 0 Å². The van der Waals surface area contributed by atoms with Crippen LogP contribution >= 0.6 is 0 Å². The topological polar surface area (TPSA) is 52.6 Å². The number of carbonyl (C=O) groups is 2. The summed E-state index contributed by atoms with van der Waals surface area (Å²) in [4.78, 5) is 24.6. The predicted molar refractivity (Wildman–Crippen MR) is 98.6 cm³/mol. The van der Waals surface area contributed by atoms with Gasteiger partial charge in [0.15, 0.2) is 5.41 Å². The molecule has 4 heteroatoms. The van der Waals surface area contributed by atoms with Crippen LogP contribution in [0.4, 0.5) is 0 Å². The second-order valence-electron chi connectivity index (χ2n) is 5.33. The number of hydrogen-bond acceptors (Lipinski definition) is 4. The highest BCUT2D eigenvalue weighted by molar-refractivity contribution is 6.00. The van der Waals surface area contributed by atoms with Gasteiger partial charge >= 0.3 is 11.9 Å². The predicted octanol–water partition coefficient (Wildman–Crippen LogP) is 4.10. The maximum Gasteiger partial charge on any atom is 0.323 e. The van der Waals surface area contributed by atoms with Gasteiger partial charge < -0.3 is 9.47 Å². The Hall–Kier alpha value is -2.84. The van der Waals surface area contributed by atoms with E-state index in [4.69, 9.17) is 9.47 Å². The fourth-order valence-corrected chi connectivity index (χ4v) is 2.32. The van der Waals surface area contributed by atoms with Crippen LogP contribution in [0.25, 0.3) is 6.08 Å².